The van der Waals surface area contributed by atoms with Gasteiger partial charge in [0.25, 0.3) is 0 Å². The van der Waals surface area contributed by atoms with Gasteiger partial charge in [-0.15, -0.1) is 11.3 Å². The minimum absolute atomic E-state index is 0.453. The third-order valence-electron chi connectivity index (χ3n) is 14.1. The number of rotatable bonds is 7. The van der Waals surface area contributed by atoms with E-state index in [0.717, 1.165) is 60.0 Å². The molecule has 1 aliphatic rings. The van der Waals surface area contributed by atoms with Gasteiger partial charge in [0.05, 0.1) is 5.41 Å². The summed E-state index contributed by atoms with van der Waals surface area (Å²) in [5, 5.41) is 4.42. The highest BCUT2D eigenvalue weighted by Gasteiger charge is 2.46. The molecule has 0 saturated heterocycles. The van der Waals surface area contributed by atoms with Gasteiger partial charge in [-0.3, -0.25) is 0 Å². The van der Waals surface area contributed by atoms with E-state index < -0.39 is 5.41 Å². The first-order valence-electron chi connectivity index (χ1n) is 23.3. The maximum atomic E-state index is 6.57. The van der Waals surface area contributed by atoms with Crippen molar-refractivity contribution in [1.82, 2.24) is 15.0 Å². The Labute approximate surface area is 402 Å². The largest absolute Gasteiger partial charge is 0.456 e. The zero-order valence-corrected chi connectivity index (χ0v) is 38.0. The van der Waals surface area contributed by atoms with Crippen LogP contribution < -0.4 is 0 Å². The second kappa shape index (κ2) is 15.7. The molecule has 10 aromatic carbocycles. The normalized spacial score (nSPS) is 12.8. The monoisotopic (exact) mass is 897 g/mol. The highest BCUT2D eigenvalue weighted by atomic mass is 32.1. The molecule has 0 fully saturated rings. The number of nitrogens with zero attached hydrogens (tertiary/aromatic N) is 3. The molecule has 4 nitrogen and oxygen atoms in total. The summed E-state index contributed by atoms with van der Waals surface area (Å²) in [6.07, 6.45) is 0. The maximum absolute atomic E-state index is 6.57. The number of hydrogen-bond acceptors (Lipinski definition) is 5. The molecule has 3 aromatic heterocycles. The van der Waals surface area contributed by atoms with E-state index in [1.165, 1.54) is 54.4 Å². The lowest BCUT2D eigenvalue weighted by Crippen LogP contribution is -2.28. The van der Waals surface area contributed by atoms with Gasteiger partial charge < -0.3 is 4.42 Å². The first-order chi connectivity index (χ1) is 34.2. The quantitative estimate of drug-likeness (QED) is 0.160. The predicted octanol–water partition coefficient (Wildman–Crippen LogP) is 16.8. The molecule has 0 atom stereocenters. The summed E-state index contributed by atoms with van der Waals surface area (Å²) >= 11 is 1.78. The van der Waals surface area contributed by atoms with E-state index in [1.54, 1.807) is 11.3 Å². The summed E-state index contributed by atoms with van der Waals surface area (Å²) in [5.41, 5.74) is 16.2. The van der Waals surface area contributed by atoms with E-state index in [1.807, 2.05) is 30.3 Å². The lowest BCUT2D eigenvalue weighted by molar-refractivity contribution is 0.669. The van der Waals surface area contributed by atoms with Crippen molar-refractivity contribution in [3.05, 3.63) is 259 Å². The molecular weight excluding hydrogens is 859 g/mol. The van der Waals surface area contributed by atoms with Gasteiger partial charge in [0.1, 0.15) is 11.2 Å². The van der Waals surface area contributed by atoms with E-state index in [-0.39, 0.29) is 0 Å². The van der Waals surface area contributed by atoms with Crippen LogP contribution in [0.5, 0.6) is 0 Å². The Morgan fingerprint density at radius 2 is 0.884 bits per heavy atom. The molecule has 0 spiro atoms. The zero-order chi connectivity index (χ0) is 45.5. The standard InChI is InChI=1S/C64H39N3OS/c1-4-16-42(17-5-1)61-65-62(67-63(66-61)52-26-14-24-50-49-23-11-13-29-58(49)69-60(50)52)51-25-15-28-57-59(51)53-38-43(35-37-56(53)68-57)40-30-32-41(33-31-40)44-34-36-48-47-22-10-12-27-54(47)64(55(48)39-44,45-18-6-2-7-19-45)46-20-8-3-9-21-46/h1-39H. The third-order valence-corrected chi connectivity index (χ3v) is 15.3. The number of hydrogen-bond donors (Lipinski definition) is 0. The predicted molar refractivity (Wildman–Crippen MR) is 284 cm³/mol. The van der Waals surface area contributed by atoms with Crippen molar-refractivity contribution < 1.29 is 4.42 Å². The van der Waals surface area contributed by atoms with Crippen molar-refractivity contribution in [2.75, 3.05) is 0 Å². The Morgan fingerprint density at radius 1 is 0.333 bits per heavy atom. The highest BCUT2D eigenvalue weighted by Crippen LogP contribution is 2.57. The summed E-state index contributed by atoms with van der Waals surface area (Å²) in [7, 11) is 0. The van der Waals surface area contributed by atoms with E-state index in [2.05, 4.69) is 206 Å². The molecule has 322 valence electrons. The fraction of sp³-hybridized carbons (Fsp3) is 0.0156. The Bertz CT molecular complexity index is 4080. The van der Waals surface area contributed by atoms with Crippen molar-refractivity contribution in [3.8, 4) is 67.5 Å². The number of aromatic nitrogens is 3. The lowest BCUT2D eigenvalue weighted by Gasteiger charge is -2.34. The Hall–Kier alpha value is -8.77. The van der Waals surface area contributed by atoms with Gasteiger partial charge in [-0.1, -0.05) is 200 Å². The molecule has 0 amide bonds. The topological polar surface area (TPSA) is 51.8 Å². The second-order valence-corrected chi connectivity index (χ2v) is 18.9. The number of thiophene rings is 1. The van der Waals surface area contributed by atoms with Crippen molar-refractivity contribution in [3.63, 3.8) is 0 Å². The molecule has 13 aromatic rings. The molecule has 0 aliphatic heterocycles. The first kappa shape index (κ1) is 39.4. The number of furan rings is 1. The van der Waals surface area contributed by atoms with E-state index in [0.29, 0.717) is 17.5 Å². The fourth-order valence-corrected chi connectivity index (χ4v) is 12.1. The van der Waals surface area contributed by atoms with Crippen molar-refractivity contribution in [2.24, 2.45) is 0 Å². The molecule has 0 saturated carbocycles. The fourth-order valence-electron chi connectivity index (χ4n) is 10.9. The van der Waals surface area contributed by atoms with Crippen LogP contribution in [0.2, 0.25) is 0 Å². The van der Waals surface area contributed by atoms with Crippen molar-refractivity contribution in [2.45, 2.75) is 5.41 Å². The van der Waals surface area contributed by atoms with Gasteiger partial charge in [0.15, 0.2) is 17.5 Å². The number of benzene rings is 10. The summed E-state index contributed by atoms with van der Waals surface area (Å²) in [5.74, 6) is 1.86. The molecule has 69 heavy (non-hydrogen) atoms. The Balaban J connectivity index is 0.876. The average Bonchev–Trinajstić information content (AvgIpc) is 4.10. The van der Waals surface area contributed by atoms with Crippen molar-refractivity contribution in [1.29, 1.82) is 0 Å². The summed E-state index contributed by atoms with van der Waals surface area (Å²) in [4.78, 5) is 15.6. The van der Waals surface area contributed by atoms with Gasteiger partial charge in [-0.25, -0.2) is 15.0 Å². The molecule has 1 aliphatic carbocycles. The lowest BCUT2D eigenvalue weighted by atomic mass is 9.67. The number of fused-ring (bicyclic) bond motifs is 9. The van der Waals surface area contributed by atoms with Crippen LogP contribution in [0.3, 0.4) is 0 Å². The average molecular weight is 898 g/mol. The van der Waals surface area contributed by atoms with Crippen LogP contribution in [0.15, 0.2) is 241 Å². The summed E-state index contributed by atoms with van der Waals surface area (Å²) < 4.78 is 8.97. The molecule has 0 bridgehead atoms. The van der Waals surface area contributed by atoms with E-state index >= 15 is 0 Å². The van der Waals surface area contributed by atoms with Gasteiger partial charge in [0, 0.05) is 47.6 Å². The van der Waals surface area contributed by atoms with Gasteiger partial charge >= 0.3 is 0 Å². The van der Waals surface area contributed by atoms with Crippen LogP contribution in [0.4, 0.5) is 0 Å². The molecule has 0 N–H and O–H groups in total. The molecule has 0 radical (unpaired) electrons. The van der Waals surface area contributed by atoms with Gasteiger partial charge in [0.2, 0.25) is 0 Å². The van der Waals surface area contributed by atoms with Crippen LogP contribution in [-0.2, 0) is 5.41 Å². The summed E-state index contributed by atoms with van der Waals surface area (Å²) in [6.45, 7) is 0. The molecule has 14 rings (SSSR count). The zero-order valence-electron chi connectivity index (χ0n) is 37.2. The van der Waals surface area contributed by atoms with Gasteiger partial charge in [-0.2, -0.15) is 0 Å². The van der Waals surface area contributed by atoms with Crippen LogP contribution in [0.25, 0.3) is 110 Å². The van der Waals surface area contributed by atoms with Crippen LogP contribution in [0, 0.1) is 0 Å². The second-order valence-electron chi connectivity index (χ2n) is 17.8. The van der Waals surface area contributed by atoms with Crippen LogP contribution >= 0.6 is 11.3 Å². The van der Waals surface area contributed by atoms with Crippen molar-refractivity contribution >= 4 is 53.4 Å². The highest BCUT2D eigenvalue weighted by molar-refractivity contribution is 7.26. The molecule has 5 heteroatoms. The minimum Gasteiger partial charge on any atom is -0.456 e. The molecule has 3 heterocycles. The molecule has 0 unspecified atom stereocenters. The Morgan fingerprint density at radius 3 is 1.65 bits per heavy atom. The Kier molecular flexibility index (Phi) is 8.95. The van der Waals surface area contributed by atoms with Crippen LogP contribution in [0.1, 0.15) is 22.3 Å². The minimum atomic E-state index is -0.453. The van der Waals surface area contributed by atoms with Crippen LogP contribution in [-0.4, -0.2) is 15.0 Å². The maximum Gasteiger partial charge on any atom is 0.165 e. The smallest absolute Gasteiger partial charge is 0.165 e. The third kappa shape index (κ3) is 6.18. The SMILES string of the molecule is c1ccc(-c2nc(-c3cccc4c3sc3ccccc34)nc(-c3cccc4oc5ccc(-c6ccc(-c7ccc8c(c7)C(c7ccccc7)(c7ccccc7)c7ccccc7-8)cc6)cc5c34)n2)cc1. The summed E-state index contributed by atoms with van der Waals surface area (Å²) in [6, 6.07) is 84.7. The van der Waals surface area contributed by atoms with E-state index in [9.17, 15) is 0 Å². The first-order valence-corrected chi connectivity index (χ1v) is 24.1. The van der Waals surface area contributed by atoms with Gasteiger partial charge in [-0.05, 0) is 92.0 Å². The molecular formula is C64H39N3OS. The van der Waals surface area contributed by atoms with E-state index in [4.69, 9.17) is 19.4 Å².